The largest absolute Gasteiger partial charge is 0.379 e. The Morgan fingerprint density at radius 2 is 2.07 bits per heavy atom. The first-order chi connectivity index (χ1) is 13.7. The van der Waals surface area contributed by atoms with Gasteiger partial charge in [0.25, 0.3) is 5.91 Å². The number of ether oxygens (including phenoxy) is 1. The molecule has 0 spiro atoms. The van der Waals surface area contributed by atoms with Crippen LogP contribution in [0.15, 0.2) is 24.0 Å². The van der Waals surface area contributed by atoms with Crippen LogP contribution in [-0.4, -0.2) is 50.4 Å². The van der Waals surface area contributed by atoms with E-state index < -0.39 is 0 Å². The predicted molar refractivity (Wildman–Crippen MR) is 102 cm³/mol. The average Bonchev–Trinajstić information content (AvgIpc) is 3.08. The number of thiazole rings is 1. The van der Waals surface area contributed by atoms with Gasteiger partial charge in [-0.1, -0.05) is 0 Å². The molecule has 28 heavy (non-hydrogen) atoms. The number of nitrogens with zero attached hydrogens (tertiary/aromatic N) is 4. The van der Waals surface area contributed by atoms with Crippen LogP contribution in [0, 0.1) is 5.92 Å². The third-order valence-corrected chi connectivity index (χ3v) is 5.61. The van der Waals surface area contributed by atoms with Crippen LogP contribution in [-0.2, 0) is 9.53 Å². The Balaban J connectivity index is 1.33. The van der Waals surface area contributed by atoms with Gasteiger partial charge in [0.2, 0.25) is 5.91 Å². The van der Waals surface area contributed by atoms with E-state index in [2.05, 4.69) is 25.6 Å². The molecule has 9 nitrogen and oxygen atoms in total. The Morgan fingerprint density at radius 1 is 1.18 bits per heavy atom. The molecule has 5 rings (SSSR count). The minimum absolute atomic E-state index is 0.0133. The minimum Gasteiger partial charge on any atom is -0.379 e. The Morgan fingerprint density at radius 3 is 2.86 bits per heavy atom. The fourth-order valence-electron chi connectivity index (χ4n) is 3.06. The van der Waals surface area contributed by atoms with Gasteiger partial charge in [0.05, 0.1) is 25.0 Å². The van der Waals surface area contributed by atoms with Gasteiger partial charge in [-0.25, -0.2) is 15.0 Å². The molecular formula is C18H18N6O3S. The zero-order valence-corrected chi connectivity index (χ0v) is 15.7. The van der Waals surface area contributed by atoms with Crippen molar-refractivity contribution in [1.82, 2.24) is 24.7 Å². The molecule has 4 heterocycles. The summed E-state index contributed by atoms with van der Waals surface area (Å²) in [5.41, 5.74) is 1.88. The number of fused-ring (bicyclic) bond motifs is 1. The highest BCUT2D eigenvalue weighted by molar-refractivity contribution is 7.12. The van der Waals surface area contributed by atoms with E-state index in [9.17, 15) is 9.59 Å². The number of amides is 2. The number of aromatic nitrogens is 4. The van der Waals surface area contributed by atoms with E-state index in [0.717, 1.165) is 19.3 Å². The van der Waals surface area contributed by atoms with Crippen LogP contribution in [0.4, 0.5) is 5.82 Å². The molecule has 0 unspecified atom stereocenters. The molecule has 144 valence electrons. The lowest BCUT2D eigenvalue weighted by atomic mass is 10.2. The first-order valence-corrected chi connectivity index (χ1v) is 10.0. The van der Waals surface area contributed by atoms with Gasteiger partial charge in [-0.3, -0.25) is 9.59 Å². The van der Waals surface area contributed by atoms with Crippen molar-refractivity contribution in [2.24, 2.45) is 5.92 Å². The topological polar surface area (TPSA) is 111 Å². The van der Waals surface area contributed by atoms with Crippen molar-refractivity contribution in [2.75, 3.05) is 18.5 Å². The van der Waals surface area contributed by atoms with E-state index in [0.29, 0.717) is 41.1 Å². The molecule has 0 bridgehead atoms. The van der Waals surface area contributed by atoms with E-state index >= 15 is 0 Å². The monoisotopic (exact) mass is 398 g/mol. The first kappa shape index (κ1) is 17.3. The van der Waals surface area contributed by atoms with Gasteiger partial charge in [0.15, 0.2) is 16.5 Å². The van der Waals surface area contributed by atoms with Crippen molar-refractivity contribution < 1.29 is 14.3 Å². The predicted octanol–water partition coefficient (Wildman–Crippen LogP) is 1.72. The van der Waals surface area contributed by atoms with Crippen LogP contribution in [0.3, 0.4) is 0 Å². The van der Waals surface area contributed by atoms with Gasteiger partial charge in [-0.15, -0.1) is 11.3 Å². The maximum Gasteiger partial charge on any atom is 0.280 e. The molecule has 1 atom stereocenters. The van der Waals surface area contributed by atoms with Crippen molar-refractivity contribution in [2.45, 2.75) is 25.3 Å². The fraction of sp³-hybridized carbons (Fsp3) is 0.389. The quantitative estimate of drug-likeness (QED) is 0.677. The number of carbonyl (C=O) groups is 2. The third-order valence-electron chi connectivity index (χ3n) is 4.77. The van der Waals surface area contributed by atoms with E-state index in [1.54, 1.807) is 28.4 Å². The number of rotatable bonds is 5. The Labute approximate surface area is 164 Å². The standard InChI is InChI=1S/C18H18N6O3S/c25-16(10-1-2-10)23-14-7-24-6-12(19-5-15(24)22-14)13-9-28-18(21-13)17(26)20-11-3-4-27-8-11/h5-7,9-11H,1-4,8H2,(H,20,26)(H,23,25)/t11-/m1/s1. The number of hydrogen-bond donors (Lipinski definition) is 2. The molecule has 0 aromatic carbocycles. The van der Waals surface area contributed by atoms with Gasteiger partial charge >= 0.3 is 0 Å². The molecule has 3 aromatic heterocycles. The number of hydrogen-bond acceptors (Lipinski definition) is 7. The fourth-order valence-corrected chi connectivity index (χ4v) is 3.77. The van der Waals surface area contributed by atoms with Crippen LogP contribution >= 0.6 is 11.3 Å². The Bertz CT molecular complexity index is 1050. The van der Waals surface area contributed by atoms with Crippen LogP contribution in [0.25, 0.3) is 17.0 Å². The number of imidazole rings is 1. The molecule has 1 aliphatic carbocycles. The molecule has 2 aliphatic rings. The molecule has 2 amide bonds. The van der Waals surface area contributed by atoms with Crippen molar-refractivity contribution in [3.63, 3.8) is 0 Å². The lowest BCUT2D eigenvalue weighted by Gasteiger charge is -2.08. The zero-order valence-electron chi connectivity index (χ0n) is 14.9. The molecule has 10 heteroatoms. The first-order valence-electron chi connectivity index (χ1n) is 9.16. The zero-order chi connectivity index (χ0) is 19.1. The highest BCUT2D eigenvalue weighted by Gasteiger charge is 2.30. The molecule has 0 radical (unpaired) electrons. The van der Waals surface area contributed by atoms with Gasteiger partial charge in [0, 0.05) is 24.1 Å². The van der Waals surface area contributed by atoms with E-state index in [1.807, 2.05) is 0 Å². The van der Waals surface area contributed by atoms with Gasteiger partial charge in [-0.05, 0) is 19.3 Å². The second kappa shape index (κ2) is 6.95. The van der Waals surface area contributed by atoms with Crippen molar-refractivity contribution in [3.05, 3.63) is 29.0 Å². The molecule has 1 aliphatic heterocycles. The summed E-state index contributed by atoms with van der Waals surface area (Å²) in [6.07, 6.45) is 7.87. The molecule has 2 fully saturated rings. The molecule has 2 N–H and O–H groups in total. The summed E-state index contributed by atoms with van der Waals surface area (Å²) in [6, 6.07) is 0.0459. The normalized spacial score (nSPS) is 19.1. The number of nitrogens with one attached hydrogen (secondary N) is 2. The third kappa shape index (κ3) is 3.48. The lowest BCUT2D eigenvalue weighted by Crippen LogP contribution is -2.34. The summed E-state index contributed by atoms with van der Waals surface area (Å²) in [7, 11) is 0. The molecule has 1 saturated heterocycles. The van der Waals surface area contributed by atoms with Crippen LogP contribution < -0.4 is 10.6 Å². The molecule has 3 aromatic rings. The van der Waals surface area contributed by atoms with E-state index in [-0.39, 0.29) is 23.8 Å². The smallest absolute Gasteiger partial charge is 0.280 e. The summed E-state index contributed by atoms with van der Waals surface area (Å²) in [6.45, 7) is 1.22. The summed E-state index contributed by atoms with van der Waals surface area (Å²) in [5.74, 6) is 0.446. The molecule has 1 saturated carbocycles. The summed E-state index contributed by atoms with van der Waals surface area (Å²) in [5, 5.41) is 7.97. The van der Waals surface area contributed by atoms with Crippen molar-refractivity contribution in [1.29, 1.82) is 0 Å². The highest BCUT2D eigenvalue weighted by Crippen LogP contribution is 2.30. The lowest BCUT2D eigenvalue weighted by molar-refractivity contribution is -0.117. The van der Waals surface area contributed by atoms with Crippen LogP contribution in [0.1, 0.15) is 29.1 Å². The average molecular weight is 398 g/mol. The Hall–Kier alpha value is -2.85. The Kier molecular flexibility index (Phi) is 4.29. The second-order valence-electron chi connectivity index (χ2n) is 7.00. The SMILES string of the molecule is O=C(N[C@@H]1CCOC1)c1nc(-c2cn3cc(NC(=O)C4CC4)nc3cn2)cs1. The van der Waals surface area contributed by atoms with Gasteiger partial charge in [-0.2, -0.15) is 0 Å². The maximum atomic E-state index is 12.3. The number of carbonyl (C=O) groups excluding carboxylic acids is 2. The maximum absolute atomic E-state index is 12.3. The highest BCUT2D eigenvalue weighted by atomic mass is 32.1. The summed E-state index contributed by atoms with van der Waals surface area (Å²) >= 11 is 1.28. The van der Waals surface area contributed by atoms with E-state index in [1.165, 1.54) is 11.3 Å². The van der Waals surface area contributed by atoms with Crippen LogP contribution in [0.5, 0.6) is 0 Å². The second-order valence-corrected chi connectivity index (χ2v) is 7.86. The molecular weight excluding hydrogens is 380 g/mol. The summed E-state index contributed by atoms with van der Waals surface area (Å²) < 4.78 is 7.07. The van der Waals surface area contributed by atoms with Gasteiger partial charge < -0.3 is 19.8 Å². The number of anilines is 1. The minimum atomic E-state index is -0.194. The van der Waals surface area contributed by atoms with Gasteiger partial charge in [0.1, 0.15) is 11.4 Å². The van der Waals surface area contributed by atoms with Crippen molar-refractivity contribution in [3.8, 4) is 11.4 Å². The van der Waals surface area contributed by atoms with E-state index in [4.69, 9.17) is 4.74 Å². The summed E-state index contributed by atoms with van der Waals surface area (Å²) in [4.78, 5) is 37.4. The van der Waals surface area contributed by atoms with Crippen LogP contribution in [0.2, 0.25) is 0 Å². The van der Waals surface area contributed by atoms with Crippen molar-refractivity contribution >= 4 is 34.6 Å².